The van der Waals surface area contributed by atoms with E-state index in [4.69, 9.17) is 11.5 Å². The van der Waals surface area contributed by atoms with Gasteiger partial charge in [0.15, 0.2) is 0 Å². The van der Waals surface area contributed by atoms with Gasteiger partial charge in [-0.1, -0.05) is 30.2 Å². The minimum Gasteiger partial charge on any atom is -0.478 e. The summed E-state index contributed by atoms with van der Waals surface area (Å²) in [6.45, 7) is 0. The quantitative estimate of drug-likeness (QED) is 0.711. The molecule has 72 valence electrons. The molecule has 0 saturated carbocycles. The van der Waals surface area contributed by atoms with E-state index in [0.29, 0.717) is 10.9 Å². The molecule has 0 aliphatic carbocycles. The summed E-state index contributed by atoms with van der Waals surface area (Å²) in [5, 5.41) is 10.6. The number of carboxylic acids is 1. The third-order valence-corrected chi connectivity index (χ3v) is 2.26. The largest absolute Gasteiger partial charge is 0.478 e. The molecule has 2 nitrogen and oxygen atoms in total. The van der Waals surface area contributed by atoms with Gasteiger partial charge < -0.3 is 5.11 Å². The fraction of sp³-hybridized carbons (Fsp3) is 0. The van der Waals surface area contributed by atoms with E-state index >= 15 is 0 Å². The number of hydrogen-bond donors (Lipinski definition) is 1. The van der Waals surface area contributed by atoms with Crippen LogP contribution in [0, 0.1) is 12.3 Å². The zero-order valence-corrected chi connectivity index (χ0v) is 7.90. The van der Waals surface area contributed by atoms with Crippen LogP contribution in [0.15, 0.2) is 36.4 Å². The molecule has 2 aromatic carbocycles. The number of carboxylic acid groups (broad SMARTS) is 1. The molecule has 0 unspecified atom stereocenters. The van der Waals surface area contributed by atoms with Crippen molar-refractivity contribution >= 4 is 16.7 Å². The van der Waals surface area contributed by atoms with Crippen LogP contribution in [0.2, 0.25) is 0 Å². The highest BCUT2D eigenvalue weighted by Crippen LogP contribution is 2.20. The molecule has 1 N–H and O–H groups in total. The highest BCUT2D eigenvalue weighted by atomic mass is 16.4. The summed E-state index contributed by atoms with van der Waals surface area (Å²) in [5.74, 6) is 1.50. The molecular formula is C13H8O2. The summed E-state index contributed by atoms with van der Waals surface area (Å²) < 4.78 is 0. The van der Waals surface area contributed by atoms with Gasteiger partial charge in [-0.25, -0.2) is 4.79 Å². The van der Waals surface area contributed by atoms with Crippen LogP contribution >= 0.6 is 0 Å². The number of fused-ring (bicyclic) bond motifs is 1. The van der Waals surface area contributed by atoms with Gasteiger partial charge in [-0.3, -0.25) is 0 Å². The summed E-state index contributed by atoms with van der Waals surface area (Å²) in [7, 11) is 0. The molecule has 0 atom stereocenters. The third-order valence-electron chi connectivity index (χ3n) is 2.26. The Hall–Kier alpha value is -2.27. The maximum Gasteiger partial charge on any atom is 0.336 e. The van der Waals surface area contributed by atoms with Gasteiger partial charge in [0, 0.05) is 5.56 Å². The molecule has 2 aromatic rings. The normalized spacial score (nSPS) is 9.80. The predicted molar refractivity (Wildman–Crippen MR) is 58.8 cm³/mol. The van der Waals surface area contributed by atoms with Gasteiger partial charge in [0.25, 0.3) is 0 Å². The van der Waals surface area contributed by atoms with Crippen LogP contribution in [-0.4, -0.2) is 11.1 Å². The Kier molecular flexibility index (Phi) is 2.15. The molecular weight excluding hydrogens is 188 g/mol. The van der Waals surface area contributed by atoms with E-state index in [0.717, 1.165) is 5.39 Å². The molecule has 0 aromatic heterocycles. The highest BCUT2D eigenvalue weighted by Gasteiger charge is 2.08. The molecule has 0 spiro atoms. The molecule has 2 rings (SSSR count). The van der Waals surface area contributed by atoms with Gasteiger partial charge >= 0.3 is 5.97 Å². The van der Waals surface area contributed by atoms with Crippen molar-refractivity contribution in [1.29, 1.82) is 0 Å². The van der Waals surface area contributed by atoms with Gasteiger partial charge in [-0.05, 0) is 22.9 Å². The van der Waals surface area contributed by atoms with E-state index in [2.05, 4.69) is 5.92 Å². The van der Waals surface area contributed by atoms with Crippen molar-refractivity contribution in [2.45, 2.75) is 0 Å². The maximum atomic E-state index is 11.0. The number of terminal acetylenes is 1. The lowest BCUT2D eigenvalue weighted by atomic mass is 10.0. The van der Waals surface area contributed by atoms with Crippen LogP contribution in [-0.2, 0) is 0 Å². The lowest BCUT2D eigenvalue weighted by Gasteiger charge is -2.03. The molecule has 2 heteroatoms. The summed E-state index contributed by atoms with van der Waals surface area (Å²) in [5.41, 5.74) is 0.840. The lowest BCUT2D eigenvalue weighted by molar-refractivity contribution is 0.0699. The van der Waals surface area contributed by atoms with Gasteiger partial charge in [0.1, 0.15) is 0 Å². The average molecular weight is 196 g/mol. The fourth-order valence-corrected chi connectivity index (χ4v) is 1.57. The van der Waals surface area contributed by atoms with Gasteiger partial charge in [0.2, 0.25) is 0 Å². The first-order valence-electron chi connectivity index (χ1n) is 4.45. The van der Waals surface area contributed by atoms with Crippen molar-refractivity contribution in [1.82, 2.24) is 0 Å². The number of aromatic carboxylic acids is 1. The van der Waals surface area contributed by atoms with Gasteiger partial charge in [0.05, 0.1) is 5.56 Å². The Morgan fingerprint density at radius 1 is 1.27 bits per heavy atom. The number of hydrogen-bond acceptors (Lipinski definition) is 1. The summed E-state index contributed by atoms with van der Waals surface area (Å²) in [4.78, 5) is 11.0. The number of carbonyl (C=O) groups is 1. The summed E-state index contributed by atoms with van der Waals surface area (Å²) >= 11 is 0. The first kappa shape index (κ1) is 9.29. The van der Waals surface area contributed by atoms with E-state index in [-0.39, 0.29) is 5.56 Å². The number of rotatable bonds is 1. The van der Waals surface area contributed by atoms with Crippen molar-refractivity contribution in [3.05, 3.63) is 47.5 Å². The van der Waals surface area contributed by atoms with E-state index in [1.165, 1.54) is 6.07 Å². The summed E-state index contributed by atoms with van der Waals surface area (Å²) in [6, 6.07) is 10.6. The summed E-state index contributed by atoms with van der Waals surface area (Å²) in [6.07, 6.45) is 5.27. The molecule has 0 radical (unpaired) electrons. The molecule has 0 heterocycles. The Balaban J connectivity index is 2.88. The minimum atomic E-state index is -0.955. The number of benzene rings is 2. The van der Waals surface area contributed by atoms with E-state index in [1.54, 1.807) is 6.07 Å². The van der Waals surface area contributed by atoms with Crippen molar-refractivity contribution < 1.29 is 9.90 Å². The maximum absolute atomic E-state index is 11.0. The molecule has 0 amide bonds. The van der Waals surface area contributed by atoms with Crippen LogP contribution in [0.25, 0.3) is 10.8 Å². The van der Waals surface area contributed by atoms with Crippen LogP contribution < -0.4 is 0 Å². The topological polar surface area (TPSA) is 37.3 Å². The zero-order chi connectivity index (χ0) is 10.8. The van der Waals surface area contributed by atoms with Crippen molar-refractivity contribution in [3.8, 4) is 12.3 Å². The molecule has 0 fully saturated rings. The Morgan fingerprint density at radius 2 is 2.00 bits per heavy atom. The lowest BCUT2D eigenvalue weighted by Crippen LogP contribution is -1.98. The molecule has 0 aliphatic heterocycles. The SMILES string of the molecule is C#Cc1cc(C(=O)O)c2ccccc2c1. The first-order chi connectivity index (χ1) is 7.22. The molecule has 0 aliphatic rings. The van der Waals surface area contributed by atoms with Gasteiger partial charge in [-0.2, -0.15) is 0 Å². The van der Waals surface area contributed by atoms with E-state index in [1.807, 2.05) is 24.3 Å². The first-order valence-corrected chi connectivity index (χ1v) is 4.45. The zero-order valence-electron chi connectivity index (χ0n) is 7.90. The van der Waals surface area contributed by atoms with E-state index in [9.17, 15) is 4.79 Å². The predicted octanol–water partition coefficient (Wildman–Crippen LogP) is 2.52. The minimum absolute atomic E-state index is 0.251. The van der Waals surface area contributed by atoms with Crippen molar-refractivity contribution in [3.63, 3.8) is 0 Å². The van der Waals surface area contributed by atoms with E-state index < -0.39 is 5.97 Å². The Bertz CT molecular complexity index is 577. The van der Waals surface area contributed by atoms with Crippen molar-refractivity contribution in [2.75, 3.05) is 0 Å². The van der Waals surface area contributed by atoms with Crippen LogP contribution in [0.4, 0.5) is 0 Å². The fourth-order valence-electron chi connectivity index (χ4n) is 1.57. The second-order valence-electron chi connectivity index (χ2n) is 3.19. The smallest absolute Gasteiger partial charge is 0.336 e. The van der Waals surface area contributed by atoms with Crippen LogP contribution in [0.5, 0.6) is 0 Å². The third kappa shape index (κ3) is 1.55. The van der Waals surface area contributed by atoms with Crippen molar-refractivity contribution in [2.24, 2.45) is 0 Å². The van der Waals surface area contributed by atoms with Crippen LogP contribution in [0.3, 0.4) is 0 Å². The molecule has 0 bridgehead atoms. The van der Waals surface area contributed by atoms with Crippen LogP contribution in [0.1, 0.15) is 15.9 Å². The monoisotopic (exact) mass is 196 g/mol. The van der Waals surface area contributed by atoms with Gasteiger partial charge in [-0.15, -0.1) is 6.42 Å². The second-order valence-corrected chi connectivity index (χ2v) is 3.19. The Morgan fingerprint density at radius 3 is 2.67 bits per heavy atom. The molecule has 15 heavy (non-hydrogen) atoms. The molecule has 0 saturated heterocycles. The second kappa shape index (κ2) is 3.47. The highest BCUT2D eigenvalue weighted by molar-refractivity contribution is 6.04. The Labute approximate surface area is 87.2 Å². The standard InChI is InChI=1S/C13H8O2/c1-2-9-7-10-5-3-4-6-11(10)12(8-9)13(14)15/h1,3-8H,(H,14,15). The average Bonchev–Trinajstić information content (AvgIpc) is 2.27.